The van der Waals surface area contributed by atoms with Gasteiger partial charge in [0.2, 0.25) is 5.91 Å². The number of amides is 1. The Kier molecular flexibility index (Phi) is 4.69. The molecule has 1 amide bonds. The SMILES string of the molecule is CC(C)(CNC(=O)/C=C/c1ccc(O)cc1)C(=O)O. The number of hydrogen-bond donors (Lipinski definition) is 3. The summed E-state index contributed by atoms with van der Waals surface area (Å²) in [5, 5.41) is 20.5. The number of aliphatic carboxylic acids is 1. The fourth-order valence-corrected chi connectivity index (χ4v) is 1.20. The van der Waals surface area contributed by atoms with E-state index in [1.807, 2.05) is 0 Å². The number of carbonyl (C=O) groups excluding carboxylic acids is 1. The number of aromatic hydroxyl groups is 1. The molecule has 5 nitrogen and oxygen atoms in total. The van der Waals surface area contributed by atoms with Crippen molar-refractivity contribution >= 4 is 18.0 Å². The maximum absolute atomic E-state index is 11.5. The molecule has 0 atom stereocenters. The van der Waals surface area contributed by atoms with Crippen LogP contribution >= 0.6 is 0 Å². The Morgan fingerprint density at radius 1 is 1.26 bits per heavy atom. The normalized spacial score (nSPS) is 11.5. The van der Waals surface area contributed by atoms with E-state index in [1.54, 1.807) is 32.1 Å². The van der Waals surface area contributed by atoms with Crippen LogP contribution in [0, 0.1) is 5.41 Å². The van der Waals surface area contributed by atoms with Gasteiger partial charge in [0.05, 0.1) is 5.41 Å². The smallest absolute Gasteiger partial charge is 0.310 e. The first-order chi connectivity index (χ1) is 8.81. The zero-order valence-electron chi connectivity index (χ0n) is 10.9. The third-order valence-corrected chi connectivity index (χ3v) is 2.60. The van der Waals surface area contributed by atoms with E-state index in [1.165, 1.54) is 18.2 Å². The van der Waals surface area contributed by atoms with Crippen molar-refractivity contribution in [2.45, 2.75) is 13.8 Å². The van der Waals surface area contributed by atoms with Crippen molar-refractivity contribution in [3.05, 3.63) is 35.9 Å². The molecule has 0 aliphatic carbocycles. The van der Waals surface area contributed by atoms with Gasteiger partial charge in [0.25, 0.3) is 0 Å². The van der Waals surface area contributed by atoms with E-state index in [0.717, 1.165) is 5.56 Å². The summed E-state index contributed by atoms with van der Waals surface area (Å²) in [5.74, 6) is -1.16. The molecule has 1 aromatic carbocycles. The summed E-state index contributed by atoms with van der Waals surface area (Å²) in [6, 6.07) is 6.37. The fraction of sp³-hybridized carbons (Fsp3) is 0.286. The van der Waals surface area contributed by atoms with Crippen molar-refractivity contribution in [1.82, 2.24) is 5.32 Å². The third kappa shape index (κ3) is 4.83. The number of phenols is 1. The van der Waals surface area contributed by atoms with Gasteiger partial charge in [0.1, 0.15) is 5.75 Å². The van der Waals surface area contributed by atoms with Crippen LogP contribution in [0.5, 0.6) is 5.75 Å². The van der Waals surface area contributed by atoms with E-state index in [0.29, 0.717) is 0 Å². The van der Waals surface area contributed by atoms with E-state index < -0.39 is 11.4 Å². The molecule has 0 bridgehead atoms. The molecule has 1 aromatic rings. The molecule has 0 spiro atoms. The minimum absolute atomic E-state index is 0.0566. The van der Waals surface area contributed by atoms with Crippen molar-refractivity contribution in [3.63, 3.8) is 0 Å². The summed E-state index contributed by atoms with van der Waals surface area (Å²) in [5.41, 5.74) is -0.229. The predicted octanol–water partition coefficient (Wildman–Crippen LogP) is 1.63. The second-order valence-corrected chi connectivity index (χ2v) is 4.83. The van der Waals surface area contributed by atoms with Gasteiger partial charge in [-0.3, -0.25) is 9.59 Å². The van der Waals surface area contributed by atoms with Crippen LogP contribution < -0.4 is 5.32 Å². The first-order valence-corrected chi connectivity index (χ1v) is 5.79. The maximum atomic E-state index is 11.5. The van der Waals surface area contributed by atoms with Crippen LogP contribution in [-0.2, 0) is 9.59 Å². The van der Waals surface area contributed by atoms with Crippen LogP contribution in [0.15, 0.2) is 30.3 Å². The van der Waals surface area contributed by atoms with Crippen LogP contribution in [0.1, 0.15) is 19.4 Å². The molecule has 0 unspecified atom stereocenters. The minimum Gasteiger partial charge on any atom is -0.508 e. The minimum atomic E-state index is -0.998. The van der Waals surface area contributed by atoms with Crippen molar-refractivity contribution in [3.8, 4) is 5.75 Å². The lowest BCUT2D eigenvalue weighted by molar-refractivity contribution is -0.146. The molecule has 3 N–H and O–H groups in total. The number of rotatable bonds is 5. The topological polar surface area (TPSA) is 86.6 Å². The monoisotopic (exact) mass is 263 g/mol. The average Bonchev–Trinajstić information content (AvgIpc) is 2.35. The van der Waals surface area contributed by atoms with E-state index in [4.69, 9.17) is 10.2 Å². The van der Waals surface area contributed by atoms with Gasteiger partial charge in [-0.1, -0.05) is 12.1 Å². The van der Waals surface area contributed by atoms with Gasteiger partial charge in [-0.05, 0) is 37.6 Å². The molecule has 0 saturated heterocycles. The molecule has 0 aromatic heterocycles. The van der Waals surface area contributed by atoms with Crippen LogP contribution in [0.25, 0.3) is 6.08 Å². The van der Waals surface area contributed by atoms with Gasteiger partial charge < -0.3 is 15.5 Å². The molecule has 102 valence electrons. The number of hydrogen-bond acceptors (Lipinski definition) is 3. The largest absolute Gasteiger partial charge is 0.508 e. The molecular weight excluding hydrogens is 246 g/mol. The Bertz CT molecular complexity index is 489. The highest BCUT2D eigenvalue weighted by atomic mass is 16.4. The molecule has 0 radical (unpaired) electrons. The summed E-state index contributed by atoms with van der Waals surface area (Å²) >= 11 is 0. The van der Waals surface area contributed by atoms with Crippen molar-refractivity contribution in [2.24, 2.45) is 5.41 Å². The fourth-order valence-electron chi connectivity index (χ4n) is 1.20. The quantitative estimate of drug-likeness (QED) is 0.705. The second-order valence-electron chi connectivity index (χ2n) is 4.83. The first-order valence-electron chi connectivity index (χ1n) is 5.79. The Hall–Kier alpha value is -2.30. The number of carboxylic acid groups (broad SMARTS) is 1. The van der Waals surface area contributed by atoms with Crippen LogP contribution in [0.3, 0.4) is 0 Å². The lowest BCUT2D eigenvalue weighted by atomic mass is 9.94. The zero-order chi connectivity index (χ0) is 14.5. The molecule has 0 heterocycles. The summed E-state index contributed by atoms with van der Waals surface area (Å²) in [7, 11) is 0. The standard InChI is InChI=1S/C14H17NO4/c1-14(2,13(18)19)9-15-12(17)8-5-10-3-6-11(16)7-4-10/h3-8,16H,9H2,1-2H3,(H,15,17)(H,18,19)/b8-5+. The highest BCUT2D eigenvalue weighted by Gasteiger charge is 2.27. The van der Waals surface area contributed by atoms with Gasteiger partial charge >= 0.3 is 5.97 Å². The summed E-state index contributed by atoms with van der Waals surface area (Å²) in [4.78, 5) is 22.4. The number of nitrogens with one attached hydrogen (secondary N) is 1. The molecule has 0 aliphatic rings. The Morgan fingerprint density at radius 2 is 1.84 bits per heavy atom. The van der Waals surface area contributed by atoms with Crippen LogP contribution in [0.2, 0.25) is 0 Å². The third-order valence-electron chi connectivity index (χ3n) is 2.60. The average molecular weight is 263 g/mol. The number of carbonyl (C=O) groups is 2. The van der Waals surface area contributed by atoms with Crippen molar-refractivity contribution in [1.29, 1.82) is 0 Å². The highest BCUT2D eigenvalue weighted by Crippen LogP contribution is 2.13. The number of phenolic OH excluding ortho intramolecular Hbond substituents is 1. The van der Waals surface area contributed by atoms with Crippen molar-refractivity contribution < 1.29 is 19.8 Å². The second kappa shape index (κ2) is 6.04. The number of benzene rings is 1. The van der Waals surface area contributed by atoms with Gasteiger partial charge in [0.15, 0.2) is 0 Å². The van der Waals surface area contributed by atoms with Gasteiger partial charge in [-0.2, -0.15) is 0 Å². The molecule has 19 heavy (non-hydrogen) atoms. The van der Waals surface area contributed by atoms with Crippen LogP contribution in [-0.4, -0.2) is 28.6 Å². The van der Waals surface area contributed by atoms with E-state index >= 15 is 0 Å². The van der Waals surface area contributed by atoms with E-state index in [9.17, 15) is 9.59 Å². The molecule has 0 fully saturated rings. The van der Waals surface area contributed by atoms with E-state index in [2.05, 4.69) is 5.32 Å². The zero-order valence-corrected chi connectivity index (χ0v) is 10.9. The maximum Gasteiger partial charge on any atom is 0.310 e. The Labute approximate surface area is 111 Å². The predicted molar refractivity (Wildman–Crippen MR) is 71.6 cm³/mol. The summed E-state index contributed by atoms with van der Waals surface area (Å²) < 4.78 is 0. The molecule has 1 rings (SSSR count). The van der Waals surface area contributed by atoms with Crippen molar-refractivity contribution in [2.75, 3.05) is 6.54 Å². The lowest BCUT2D eigenvalue weighted by Crippen LogP contribution is -2.38. The number of carboxylic acids is 1. The Balaban J connectivity index is 2.52. The van der Waals surface area contributed by atoms with E-state index in [-0.39, 0.29) is 18.2 Å². The van der Waals surface area contributed by atoms with Gasteiger partial charge in [-0.15, -0.1) is 0 Å². The summed E-state index contributed by atoms with van der Waals surface area (Å²) in [6.07, 6.45) is 2.91. The Morgan fingerprint density at radius 3 is 2.37 bits per heavy atom. The van der Waals surface area contributed by atoms with Gasteiger partial charge in [0, 0.05) is 12.6 Å². The lowest BCUT2D eigenvalue weighted by Gasteiger charge is -2.18. The summed E-state index contributed by atoms with van der Waals surface area (Å²) in [6.45, 7) is 3.14. The van der Waals surface area contributed by atoms with Crippen LogP contribution in [0.4, 0.5) is 0 Å². The molecule has 0 saturated carbocycles. The first kappa shape index (κ1) is 14.8. The molecular formula is C14H17NO4. The van der Waals surface area contributed by atoms with Gasteiger partial charge in [-0.25, -0.2) is 0 Å². The molecule has 5 heteroatoms. The molecule has 0 aliphatic heterocycles. The highest BCUT2D eigenvalue weighted by molar-refractivity contribution is 5.92.